The first-order valence-corrected chi connectivity index (χ1v) is 5.72. The molecule has 1 unspecified atom stereocenters. The van der Waals surface area contributed by atoms with E-state index in [2.05, 4.69) is 31.1 Å². The molecule has 0 amide bonds. The van der Waals surface area contributed by atoms with Gasteiger partial charge in [0.15, 0.2) is 0 Å². The van der Waals surface area contributed by atoms with Crippen LogP contribution in [0.1, 0.15) is 26.7 Å². The highest BCUT2D eigenvalue weighted by Gasteiger charge is 2.14. The largest absolute Gasteiger partial charge is 0.377 e. The Morgan fingerprint density at radius 1 is 1.50 bits per heavy atom. The molecule has 3 heteroatoms. The summed E-state index contributed by atoms with van der Waals surface area (Å²) < 4.78 is 5.53. The Balaban J connectivity index is 1.93. The van der Waals surface area contributed by atoms with Gasteiger partial charge >= 0.3 is 0 Å². The Kier molecular flexibility index (Phi) is 5.45. The Morgan fingerprint density at radius 3 is 2.86 bits per heavy atom. The highest BCUT2D eigenvalue weighted by atomic mass is 16.5. The van der Waals surface area contributed by atoms with E-state index in [9.17, 15) is 0 Å². The standard InChI is InChI=1S/C11H24N2O/c1-10(2)13(3)7-6-12-9-11-5-4-8-14-11/h10-12H,4-9H2,1-3H3. The molecule has 0 aromatic carbocycles. The van der Waals surface area contributed by atoms with Gasteiger partial charge < -0.3 is 15.0 Å². The molecule has 3 nitrogen and oxygen atoms in total. The number of nitrogens with one attached hydrogen (secondary N) is 1. The molecule has 14 heavy (non-hydrogen) atoms. The normalized spacial score (nSPS) is 22.5. The van der Waals surface area contributed by atoms with Crippen LogP contribution in [0.5, 0.6) is 0 Å². The second-order valence-corrected chi connectivity index (χ2v) is 4.41. The van der Waals surface area contributed by atoms with Gasteiger partial charge in [-0.3, -0.25) is 0 Å². The number of ether oxygens (including phenoxy) is 1. The van der Waals surface area contributed by atoms with Crippen LogP contribution in [-0.4, -0.2) is 50.3 Å². The minimum atomic E-state index is 0.472. The summed E-state index contributed by atoms with van der Waals surface area (Å²) in [6, 6.07) is 0.638. The van der Waals surface area contributed by atoms with Gasteiger partial charge in [0.2, 0.25) is 0 Å². The van der Waals surface area contributed by atoms with E-state index in [0.29, 0.717) is 12.1 Å². The minimum absolute atomic E-state index is 0.472. The molecule has 1 heterocycles. The summed E-state index contributed by atoms with van der Waals surface area (Å²) in [6.45, 7) is 8.60. The SMILES string of the molecule is CC(C)N(C)CCNCC1CCCO1. The maximum Gasteiger partial charge on any atom is 0.0700 e. The molecule has 1 aliphatic heterocycles. The molecule has 0 aromatic heterocycles. The molecule has 0 aromatic rings. The summed E-state index contributed by atoms with van der Waals surface area (Å²) in [7, 11) is 2.17. The fraction of sp³-hybridized carbons (Fsp3) is 1.00. The number of nitrogens with zero attached hydrogens (tertiary/aromatic N) is 1. The van der Waals surface area contributed by atoms with E-state index in [-0.39, 0.29) is 0 Å². The predicted molar refractivity (Wildman–Crippen MR) is 59.6 cm³/mol. The quantitative estimate of drug-likeness (QED) is 0.650. The predicted octanol–water partition coefficient (Wildman–Crippen LogP) is 1.10. The lowest BCUT2D eigenvalue weighted by Gasteiger charge is -2.21. The van der Waals surface area contributed by atoms with E-state index in [1.54, 1.807) is 0 Å². The Hall–Kier alpha value is -0.120. The van der Waals surface area contributed by atoms with Crippen LogP contribution in [0.2, 0.25) is 0 Å². The van der Waals surface area contributed by atoms with Gasteiger partial charge in [0.25, 0.3) is 0 Å². The fourth-order valence-electron chi connectivity index (χ4n) is 1.58. The van der Waals surface area contributed by atoms with Gasteiger partial charge in [0.1, 0.15) is 0 Å². The number of likely N-dealkylation sites (N-methyl/N-ethyl adjacent to an activating group) is 1. The molecular formula is C11H24N2O. The van der Waals surface area contributed by atoms with E-state index >= 15 is 0 Å². The van der Waals surface area contributed by atoms with Crippen molar-refractivity contribution in [3.63, 3.8) is 0 Å². The fourth-order valence-corrected chi connectivity index (χ4v) is 1.58. The van der Waals surface area contributed by atoms with Crippen molar-refractivity contribution < 1.29 is 4.74 Å². The van der Waals surface area contributed by atoms with Crippen LogP contribution < -0.4 is 5.32 Å². The topological polar surface area (TPSA) is 24.5 Å². The van der Waals surface area contributed by atoms with Crippen molar-refractivity contribution in [3.8, 4) is 0 Å². The summed E-state index contributed by atoms with van der Waals surface area (Å²) in [5.74, 6) is 0. The number of rotatable bonds is 6. The van der Waals surface area contributed by atoms with Crippen molar-refractivity contribution in [2.75, 3.05) is 33.3 Å². The van der Waals surface area contributed by atoms with Crippen LogP contribution >= 0.6 is 0 Å². The van der Waals surface area contributed by atoms with E-state index in [4.69, 9.17) is 4.74 Å². The smallest absolute Gasteiger partial charge is 0.0700 e. The first-order valence-electron chi connectivity index (χ1n) is 5.72. The van der Waals surface area contributed by atoms with Crippen molar-refractivity contribution >= 4 is 0 Å². The van der Waals surface area contributed by atoms with Gasteiger partial charge in [-0.1, -0.05) is 0 Å². The van der Waals surface area contributed by atoms with Crippen molar-refractivity contribution in [2.24, 2.45) is 0 Å². The van der Waals surface area contributed by atoms with E-state index in [0.717, 1.165) is 26.2 Å². The Labute approximate surface area is 87.8 Å². The van der Waals surface area contributed by atoms with Gasteiger partial charge in [0, 0.05) is 32.3 Å². The van der Waals surface area contributed by atoms with Crippen LogP contribution in [0, 0.1) is 0 Å². The maximum atomic E-state index is 5.53. The zero-order valence-electron chi connectivity index (χ0n) is 9.75. The molecule has 0 aliphatic carbocycles. The molecule has 84 valence electrons. The summed E-state index contributed by atoms with van der Waals surface area (Å²) >= 11 is 0. The zero-order valence-corrected chi connectivity index (χ0v) is 9.75. The maximum absolute atomic E-state index is 5.53. The first kappa shape index (κ1) is 12.0. The van der Waals surface area contributed by atoms with Crippen molar-refractivity contribution in [1.29, 1.82) is 0 Å². The zero-order chi connectivity index (χ0) is 10.4. The summed E-state index contributed by atoms with van der Waals surface area (Å²) in [5.41, 5.74) is 0. The lowest BCUT2D eigenvalue weighted by atomic mass is 10.2. The average molecular weight is 200 g/mol. The second kappa shape index (κ2) is 6.38. The van der Waals surface area contributed by atoms with Gasteiger partial charge in [-0.05, 0) is 33.7 Å². The highest BCUT2D eigenvalue weighted by molar-refractivity contribution is 4.68. The van der Waals surface area contributed by atoms with Crippen molar-refractivity contribution in [3.05, 3.63) is 0 Å². The molecule has 0 bridgehead atoms. The lowest BCUT2D eigenvalue weighted by molar-refractivity contribution is 0.109. The average Bonchev–Trinajstić information content (AvgIpc) is 2.64. The van der Waals surface area contributed by atoms with Gasteiger partial charge in [-0.2, -0.15) is 0 Å². The minimum Gasteiger partial charge on any atom is -0.377 e. The molecule has 1 atom stereocenters. The van der Waals surface area contributed by atoms with Crippen LogP contribution in [0.25, 0.3) is 0 Å². The second-order valence-electron chi connectivity index (χ2n) is 4.41. The van der Waals surface area contributed by atoms with Crippen LogP contribution in [0.3, 0.4) is 0 Å². The molecule has 1 saturated heterocycles. The third-order valence-corrected chi connectivity index (χ3v) is 2.92. The summed E-state index contributed by atoms with van der Waals surface area (Å²) in [6.07, 6.45) is 2.94. The molecular weight excluding hydrogens is 176 g/mol. The third kappa shape index (κ3) is 4.40. The van der Waals surface area contributed by atoms with Crippen LogP contribution in [0.15, 0.2) is 0 Å². The van der Waals surface area contributed by atoms with Crippen molar-refractivity contribution in [2.45, 2.75) is 38.8 Å². The van der Waals surface area contributed by atoms with Gasteiger partial charge in [-0.15, -0.1) is 0 Å². The summed E-state index contributed by atoms with van der Waals surface area (Å²) in [5, 5.41) is 3.45. The van der Waals surface area contributed by atoms with E-state index in [1.807, 2.05) is 0 Å². The van der Waals surface area contributed by atoms with E-state index < -0.39 is 0 Å². The lowest BCUT2D eigenvalue weighted by Crippen LogP contribution is -2.36. The number of hydrogen-bond acceptors (Lipinski definition) is 3. The Morgan fingerprint density at radius 2 is 2.29 bits per heavy atom. The molecule has 0 saturated carbocycles. The van der Waals surface area contributed by atoms with Crippen LogP contribution in [0.4, 0.5) is 0 Å². The number of hydrogen-bond donors (Lipinski definition) is 1. The first-order chi connectivity index (χ1) is 6.70. The molecule has 1 aliphatic rings. The Bertz CT molecular complexity index is 140. The van der Waals surface area contributed by atoms with Crippen LogP contribution in [-0.2, 0) is 4.74 Å². The molecule has 0 spiro atoms. The molecule has 1 fully saturated rings. The van der Waals surface area contributed by atoms with E-state index in [1.165, 1.54) is 12.8 Å². The third-order valence-electron chi connectivity index (χ3n) is 2.92. The highest BCUT2D eigenvalue weighted by Crippen LogP contribution is 2.10. The van der Waals surface area contributed by atoms with Crippen molar-refractivity contribution in [1.82, 2.24) is 10.2 Å². The molecule has 1 rings (SSSR count). The monoisotopic (exact) mass is 200 g/mol. The summed E-state index contributed by atoms with van der Waals surface area (Å²) in [4.78, 5) is 2.35. The molecule has 0 radical (unpaired) electrons. The van der Waals surface area contributed by atoms with Gasteiger partial charge in [0.05, 0.1) is 6.10 Å². The van der Waals surface area contributed by atoms with Gasteiger partial charge in [-0.25, -0.2) is 0 Å². The molecule has 1 N–H and O–H groups in total.